The van der Waals surface area contributed by atoms with Gasteiger partial charge in [0.05, 0.1) is 10.4 Å². The third kappa shape index (κ3) is 4.47. The molecule has 5 aromatic carbocycles. The molecule has 0 spiro atoms. The Bertz CT molecular complexity index is 1790. The molecule has 5 rings (SSSR count). The van der Waals surface area contributed by atoms with E-state index in [-0.39, 0.29) is 0 Å². The largest absolute Gasteiger partial charge is 0.203 e. The summed E-state index contributed by atoms with van der Waals surface area (Å²) in [6.07, 6.45) is 0. The fourth-order valence-electron chi connectivity index (χ4n) is 3.98. The van der Waals surface area contributed by atoms with Gasteiger partial charge in [-0.3, -0.25) is 0 Å². The van der Waals surface area contributed by atoms with Crippen LogP contribution >= 0.6 is 0 Å². The van der Waals surface area contributed by atoms with Crippen LogP contribution in [-0.2, 0) is 0 Å². The molecule has 0 unspecified atom stereocenters. The Morgan fingerprint density at radius 3 is 0.868 bits per heavy atom. The number of benzene rings is 5. The van der Waals surface area contributed by atoms with Crippen molar-refractivity contribution in [3.05, 3.63) is 107 Å². The van der Waals surface area contributed by atoms with Crippen molar-refractivity contribution in [2.45, 2.75) is 0 Å². The van der Waals surface area contributed by atoms with E-state index in [1.165, 1.54) is 32.3 Å². The summed E-state index contributed by atoms with van der Waals surface area (Å²) in [6, 6.07) is 30.5. The van der Waals surface area contributed by atoms with Gasteiger partial charge in [-0.05, 0) is 56.6 Å². The number of hydrogen-bond donors (Lipinski definition) is 0. The summed E-state index contributed by atoms with van der Waals surface area (Å²) in [7, 11) is 0. The predicted octanol–water partition coefficient (Wildman–Crippen LogP) is 5.78. The Hall–Kier alpha value is -5.70. The van der Waals surface area contributed by atoms with E-state index >= 15 is 0 Å². The lowest BCUT2D eigenvalue weighted by atomic mass is 10.00. The minimum absolute atomic E-state index is 1.09. The average Bonchev–Trinajstić information content (AvgIpc) is 2.94. The molecule has 0 N–H and O–H groups in total. The standard InChI is InChI=1S/C18H12.C12F4N4/c1-2-6-14-10-18-12-16-8-4-3-7-15(16)11-17(18)9-13(14)5-1;13-9-7(5(1-17)2-18)10(14)12(16)8(11(9)15)6(3-19)4-20/h1-12H;. The van der Waals surface area contributed by atoms with Gasteiger partial charge in [0.1, 0.15) is 35.4 Å². The van der Waals surface area contributed by atoms with Gasteiger partial charge in [0, 0.05) is 0 Å². The Morgan fingerprint density at radius 2 is 0.658 bits per heavy atom. The molecule has 0 saturated heterocycles. The molecule has 0 atom stereocenters. The Morgan fingerprint density at radius 1 is 0.421 bits per heavy atom. The van der Waals surface area contributed by atoms with Gasteiger partial charge in [-0.2, -0.15) is 21.0 Å². The summed E-state index contributed by atoms with van der Waals surface area (Å²) in [5.41, 5.74) is -2.36. The lowest BCUT2D eigenvalue weighted by Gasteiger charge is -2.04. The van der Waals surface area contributed by atoms with Crippen molar-refractivity contribution in [3.8, 4) is 24.3 Å². The Balaban J connectivity index is 0.000000177. The molecular formula is C30H12F4N4. The molecule has 180 valence electrons. The highest BCUT2D eigenvalue weighted by Gasteiger charge is 2.22. The molecule has 0 aliphatic rings. The zero-order valence-electron chi connectivity index (χ0n) is 19.2. The van der Waals surface area contributed by atoms with E-state index in [9.17, 15) is 17.6 Å². The van der Waals surface area contributed by atoms with E-state index in [0.29, 0.717) is 0 Å². The monoisotopic (exact) mass is 504 g/mol. The zero-order valence-corrected chi connectivity index (χ0v) is 19.2. The zero-order chi connectivity index (χ0) is 27.4. The third-order valence-electron chi connectivity index (χ3n) is 5.78. The number of fused-ring (bicyclic) bond motifs is 3. The topological polar surface area (TPSA) is 95.2 Å². The quantitative estimate of drug-likeness (QED) is 0.152. The van der Waals surface area contributed by atoms with Gasteiger partial charge in [-0.25, -0.2) is 17.6 Å². The maximum Gasteiger partial charge on any atom is 0.171 e. The van der Waals surface area contributed by atoms with Gasteiger partial charge in [-0.15, -0.1) is 0 Å². The van der Waals surface area contributed by atoms with E-state index in [2.05, 4.69) is 72.8 Å². The maximum absolute atomic E-state index is 13.6. The van der Waals surface area contributed by atoms with Crippen LogP contribution in [0, 0.1) is 68.6 Å². The van der Waals surface area contributed by atoms with Crippen molar-refractivity contribution in [2.75, 3.05) is 0 Å². The second kappa shape index (κ2) is 10.5. The summed E-state index contributed by atoms with van der Waals surface area (Å²) in [4.78, 5) is 0. The first-order chi connectivity index (χ1) is 18.3. The van der Waals surface area contributed by atoms with Crippen LogP contribution in [0.3, 0.4) is 0 Å². The normalized spacial score (nSPS) is 10.0. The first kappa shape index (κ1) is 25.4. The van der Waals surface area contributed by atoms with Gasteiger partial charge in [0.2, 0.25) is 0 Å². The van der Waals surface area contributed by atoms with Crippen molar-refractivity contribution >= 4 is 43.5 Å². The third-order valence-corrected chi connectivity index (χ3v) is 5.78. The van der Waals surface area contributed by atoms with Crippen molar-refractivity contribution in [3.63, 3.8) is 0 Å². The molecular weight excluding hydrogens is 492 g/mol. The number of rotatable bonds is 0. The maximum atomic E-state index is 13.6. The Labute approximate surface area is 213 Å². The van der Waals surface area contributed by atoms with E-state index in [1.807, 2.05) is 0 Å². The van der Waals surface area contributed by atoms with Gasteiger partial charge < -0.3 is 0 Å². The highest BCUT2D eigenvalue weighted by atomic mass is 19.2. The molecule has 8 heteroatoms. The van der Waals surface area contributed by atoms with Crippen molar-refractivity contribution in [2.24, 2.45) is 0 Å². The summed E-state index contributed by atoms with van der Waals surface area (Å²) in [6.45, 7) is 0. The van der Waals surface area contributed by atoms with Crippen LogP contribution in [-0.4, -0.2) is 0 Å². The van der Waals surface area contributed by atoms with Crippen LogP contribution in [0.2, 0.25) is 0 Å². The molecule has 0 heterocycles. The first-order valence-electron chi connectivity index (χ1n) is 10.9. The number of nitriles is 4. The summed E-state index contributed by atoms with van der Waals surface area (Å²) >= 11 is 0. The SMILES string of the molecule is N#CC(C#N)=c1c(F)c(F)c(=C(C#N)C#N)c(F)c1F.c1ccc2cc3cc4ccccc4cc3cc2c1. The van der Waals surface area contributed by atoms with Gasteiger partial charge >= 0.3 is 0 Å². The lowest BCUT2D eigenvalue weighted by molar-refractivity contribution is 0.434. The molecule has 0 bridgehead atoms. The van der Waals surface area contributed by atoms with Crippen LogP contribution in [0.5, 0.6) is 0 Å². The average molecular weight is 504 g/mol. The van der Waals surface area contributed by atoms with Gasteiger partial charge in [0.25, 0.3) is 0 Å². The molecule has 0 radical (unpaired) electrons. The van der Waals surface area contributed by atoms with Crippen LogP contribution in [0.4, 0.5) is 17.6 Å². The first-order valence-corrected chi connectivity index (χ1v) is 10.9. The van der Waals surface area contributed by atoms with Crippen LogP contribution < -0.4 is 10.4 Å². The fourth-order valence-corrected chi connectivity index (χ4v) is 3.98. The highest BCUT2D eigenvalue weighted by Crippen LogP contribution is 2.27. The molecule has 0 aliphatic carbocycles. The second-order valence-electron chi connectivity index (χ2n) is 7.95. The molecule has 0 saturated carbocycles. The van der Waals surface area contributed by atoms with Crippen LogP contribution in [0.15, 0.2) is 72.8 Å². The molecule has 0 fully saturated rings. The summed E-state index contributed by atoms with van der Waals surface area (Å²) < 4.78 is 54.5. The summed E-state index contributed by atoms with van der Waals surface area (Å²) in [5.74, 6) is -8.11. The van der Waals surface area contributed by atoms with E-state index in [1.54, 1.807) is 0 Å². The van der Waals surface area contributed by atoms with Crippen molar-refractivity contribution < 1.29 is 17.6 Å². The molecule has 0 aliphatic heterocycles. The van der Waals surface area contributed by atoms with Gasteiger partial charge in [-0.1, -0.05) is 48.5 Å². The molecule has 5 aromatic rings. The van der Waals surface area contributed by atoms with E-state index in [4.69, 9.17) is 21.0 Å². The van der Waals surface area contributed by atoms with Gasteiger partial charge in [0.15, 0.2) is 23.3 Å². The number of nitrogens with zero attached hydrogens (tertiary/aromatic N) is 4. The number of hydrogen-bond acceptors (Lipinski definition) is 4. The van der Waals surface area contributed by atoms with E-state index < -0.39 is 44.9 Å². The minimum atomic E-state index is -2.03. The van der Waals surface area contributed by atoms with Crippen molar-refractivity contribution in [1.29, 1.82) is 21.0 Å². The molecule has 0 amide bonds. The Kier molecular flexibility index (Phi) is 7.02. The second-order valence-corrected chi connectivity index (χ2v) is 7.95. The lowest BCUT2D eigenvalue weighted by Crippen LogP contribution is -2.31. The predicted molar refractivity (Wildman–Crippen MR) is 134 cm³/mol. The summed E-state index contributed by atoms with van der Waals surface area (Å²) in [5, 5.41) is 38.8. The number of halogens is 4. The molecule has 38 heavy (non-hydrogen) atoms. The van der Waals surface area contributed by atoms with E-state index in [0.717, 1.165) is 24.3 Å². The minimum Gasteiger partial charge on any atom is -0.203 e. The van der Waals surface area contributed by atoms with Crippen molar-refractivity contribution in [1.82, 2.24) is 0 Å². The van der Waals surface area contributed by atoms with Crippen LogP contribution in [0.1, 0.15) is 0 Å². The highest BCUT2D eigenvalue weighted by molar-refractivity contribution is 6.04. The fraction of sp³-hybridized carbons (Fsp3) is 0. The smallest absolute Gasteiger partial charge is 0.171 e. The molecule has 0 aromatic heterocycles. The molecule has 4 nitrogen and oxygen atoms in total. The van der Waals surface area contributed by atoms with Crippen LogP contribution in [0.25, 0.3) is 43.5 Å².